The minimum absolute atomic E-state index is 0.0598. The van der Waals surface area contributed by atoms with Crippen LogP contribution in [-0.4, -0.2) is 20.1 Å². The van der Waals surface area contributed by atoms with Crippen LogP contribution in [0.5, 0.6) is 0 Å². The van der Waals surface area contributed by atoms with Crippen molar-refractivity contribution in [2.24, 2.45) is 0 Å². The second-order valence-corrected chi connectivity index (χ2v) is 3.20. The summed E-state index contributed by atoms with van der Waals surface area (Å²) in [7, 11) is 0. The molecule has 10 heteroatoms. The SMILES string of the molecule is Nc1nc(NCc2ncon2)cc(C(F)(F)F)n1. The minimum Gasteiger partial charge on any atom is -0.368 e. The van der Waals surface area contributed by atoms with E-state index >= 15 is 0 Å². The van der Waals surface area contributed by atoms with Gasteiger partial charge in [0.1, 0.15) is 5.82 Å². The van der Waals surface area contributed by atoms with Crippen LogP contribution < -0.4 is 11.1 Å². The van der Waals surface area contributed by atoms with Gasteiger partial charge in [0.15, 0.2) is 11.5 Å². The molecule has 0 atom stereocenters. The van der Waals surface area contributed by atoms with E-state index in [4.69, 9.17) is 5.73 Å². The summed E-state index contributed by atoms with van der Waals surface area (Å²) in [6, 6.07) is 0.746. The van der Waals surface area contributed by atoms with Gasteiger partial charge >= 0.3 is 6.18 Å². The number of rotatable bonds is 3. The molecule has 3 N–H and O–H groups in total. The highest BCUT2D eigenvalue weighted by Gasteiger charge is 2.33. The molecule has 0 aliphatic heterocycles. The fraction of sp³-hybridized carbons (Fsp3) is 0.250. The van der Waals surface area contributed by atoms with E-state index in [1.54, 1.807) is 0 Å². The molecular formula is C8H7F3N6O. The maximum atomic E-state index is 12.4. The topological polar surface area (TPSA) is 103 Å². The van der Waals surface area contributed by atoms with Gasteiger partial charge in [-0.15, -0.1) is 0 Å². The molecule has 2 aromatic rings. The van der Waals surface area contributed by atoms with Gasteiger partial charge in [-0.1, -0.05) is 5.16 Å². The number of aromatic nitrogens is 4. The molecule has 0 unspecified atom stereocenters. The second-order valence-electron chi connectivity index (χ2n) is 3.20. The number of hydrogen-bond donors (Lipinski definition) is 2. The summed E-state index contributed by atoms with van der Waals surface area (Å²) < 4.78 is 41.8. The normalized spacial score (nSPS) is 11.5. The Balaban J connectivity index is 2.15. The average Bonchev–Trinajstić information content (AvgIpc) is 2.77. The first-order chi connectivity index (χ1) is 8.45. The van der Waals surface area contributed by atoms with Crippen molar-refractivity contribution in [2.75, 3.05) is 11.1 Å². The summed E-state index contributed by atoms with van der Waals surface area (Å²) in [5.74, 6) is -0.263. The number of nitrogens with two attached hydrogens (primary N) is 1. The van der Waals surface area contributed by atoms with E-state index in [0.29, 0.717) is 0 Å². The molecule has 2 heterocycles. The van der Waals surface area contributed by atoms with E-state index in [0.717, 1.165) is 12.5 Å². The number of nitrogens with zero attached hydrogens (tertiary/aromatic N) is 4. The molecule has 0 radical (unpaired) electrons. The predicted molar refractivity (Wildman–Crippen MR) is 53.1 cm³/mol. The van der Waals surface area contributed by atoms with Crippen molar-refractivity contribution in [3.8, 4) is 0 Å². The number of nitrogens with one attached hydrogen (secondary N) is 1. The van der Waals surface area contributed by atoms with E-state index < -0.39 is 17.8 Å². The van der Waals surface area contributed by atoms with Gasteiger partial charge in [0, 0.05) is 6.07 Å². The van der Waals surface area contributed by atoms with Gasteiger partial charge in [0.2, 0.25) is 12.3 Å². The van der Waals surface area contributed by atoms with Crippen molar-refractivity contribution in [1.29, 1.82) is 0 Å². The molecular weight excluding hydrogens is 253 g/mol. The lowest BCUT2D eigenvalue weighted by Crippen LogP contribution is -2.13. The van der Waals surface area contributed by atoms with Crippen molar-refractivity contribution < 1.29 is 17.7 Å². The molecule has 0 amide bonds. The highest BCUT2D eigenvalue weighted by Crippen LogP contribution is 2.29. The van der Waals surface area contributed by atoms with E-state index in [9.17, 15) is 13.2 Å². The molecule has 0 fully saturated rings. The van der Waals surface area contributed by atoms with Gasteiger partial charge in [0.05, 0.1) is 6.54 Å². The lowest BCUT2D eigenvalue weighted by atomic mass is 10.3. The first kappa shape index (κ1) is 12.1. The summed E-state index contributed by atoms with van der Waals surface area (Å²) in [6.45, 7) is 0.0598. The van der Waals surface area contributed by atoms with Crippen LogP contribution in [-0.2, 0) is 12.7 Å². The molecule has 2 rings (SSSR count). The van der Waals surface area contributed by atoms with E-state index in [1.165, 1.54) is 0 Å². The second kappa shape index (κ2) is 4.47. The molecule has 2 aromatic heterocycles. The van der Waals surface area contributed by atoms with Crippen LogP contribution >= 0.6 is 0 Å². The summed E-state index contributed by atoms with van der Waals surface area (Å²) in [6.07, 6.45) is -3.48. The van der Waals surface area contributed by atoms with Crippen molar-refractivity contribution >= 4 is 11.8 Å². The summed E-state index contributed by atoms with van der Waals surface area (Å²) in [5, 5.41) is 6.06. The van der Waals surface area contributed by atoms with Gasteiger partial charge in [-0.3, -0.25) is 0 Å². The Bertz CT molecular complexity index is 526. The first-order valence-corrected chi connectivity index (χ1v) is 4.66. The third kappa shape index (κ3) is 2.84. The molecule has 0 aromatic carbocycles. The Labute approximate surface area is 98.2 Å². The zero-order valence-corrected chi connectivity index (χ0v) is 8.77. The van der Waals surface area contributed by atoms with Gasteiger partial charge in [0.25, 0.3) is 0 Å². The summed E-state index contributed by atoms with van der Waals surface area (Å²) in [5.41, 5.74) is 4.07. The van der Waals surface area contributed by atoms with Gasteiger partial charge in [-0.2, -0.15) is 23.1 Å². The summed E-state index contributed by atoms with van der Waals surface area (Å²) in [4.78, 5) is 10.4. The van der Waals surface area contributed by atoms with Crippen molar-refractivity contribution in [1.82, 2.24) is 20.1 Å². The molecule has 0 spiro atoms. The van der Waals surface area contributed by atoms with E-state index in [2.05, 4.69) is 29.9 Å². The first-order valence-electron chi connectivity index (χ1n) is 4.66. The molecule has 0 aliphatic carbocycles. The standard InChI is InChI=1S/C8H7F3N6O/c9-8(10,11)4-1-5(16-7(12)15-4)13-2-6-14-3-18-17-6/h1,3H,2H2,(H3,12,13,15,16). The Hall–Kier alpha value is -2.39. The zero-order chi connectivity index (χ0) is 13.2. The van der Waals surface area contributed by atoms with Gasteiger partial charge in [-0.05, 0) is 0 Å². The van der Waals surface area contributed by atoms with Crippen LogP contribution in [0.4, 0.5) is 24.9 Å². The van der Waals surface area contributed by atoms with Crippen LogP contribution in [0.2, 0.25) is 0 Å². The van der Waals surface area contributed by atoms with Crippen molar-refractivity contribution in [3.63, 3.8) is 0 Å². The molecule has 0 saturated carbocycles. The Morgan fingerprint density at radius 3 is 2.72 bits per heavy atom. The van der Waals surface area contributed by atoms with Crippen molar-refractivity contribution in [3.05, 3.63) is 24.0 Å². The number of hydrogen-bond acceptors (Lipinski definition) is 7. The summed E-state index contributed by atoms with van der Waals surface area (Å²) >= 11 is 0. The number of nitrogen functional groups attached to an aromatic ring is 1. The van der Waals surface area contributed by atoms with Crippen LogP contribution in [0.25, 0.3) is 0 Å². The Morgan fingerprint density at radius 2 is 2.11 bits per heavy atom. The number of alkyl halides is 3. The van der Waals surface area contributed by atoms with Crippen molar-refractivity contribution in [2.45, 2.75) is 12.7 Å². The third-order valence-electron chi connectivity index (χ3n) is 1.87. The highest BCUT2D eigenvalue weighted by atomic mass is 19.4. The quantitative estimate of drug-likeness (QED) is 0.850. The fourth-order valence-corrected chi connectivity index (χ4v) is 1.14. The zero-order valence-electron chi connectivity index (χ0n) is 8.77. The highest BCUT2D eigenvalue weighted by molar-refractivity contribution is 5.41. The van der Waals surface area contributed by atoms with Crippen LogP contribution in [0.3, 0.4) is 0 Å². The molecule has 96 valence electrons. The molecule has 7 nitrogen and oxygen atoms in total. The van der Waals surface area contributed by atoms with Gasteiger partial charge < -0.3 is 15.6 Å². The smallest absolute Gasteiger partial charge is 0.368 e. The third-order valence-corrected chi connectivity index (χ3v) is 1.87. The average molecular weight is 260 g/mol. The lowest BCUT2D eigenvalue weighted by molar-refractivity contribution is -0.141. The monoisotopic (exact) mass is 260 g/mol. The fourth-order valence-electron chi connectivity index (χ4n) is 1.14. The Kier molecular flexibility index (Phi) is 3.00. The van der Waals surface area contributed by atoms with Crippen LogP contribution in [0.15, 0.2) is 17.0 Å². The predicted octanol–water partition coefficient (Wildman–Crippen LogP) is 1.07. The van der Waals surface area contributed by atoms with E-state index in [1.807, 2.05) is 0 Å². The van der Waals surface area contributed by atoms with Crippen LogP contribution in [0, 0.1) is 0 Å². The largest absolute Gasteiger partial charge is 0.433 e. The molecule has 0 saturated heterocycles. The lowest BCUT2D eigenvalue weighted by Gasteiger charge is -2.09. The molecule has 18 heavy (non-hydrogen) atoms. The van der Waals surface area contributed by atoms with Gasteiger partial charge in [-0.25, -0.2) is 4.98 Å². The Morgan fingerprint density at radius 1 is 1.33 bits per heavy atom. The van der Waals surface area contributed by atoms with E-state index in [-0.39, 0.29) is 18.2 Å². The maximum absolute atomic E-state index is 12.4. The minimum atomic E-state index is -4.58. The maximum Gasteiger partial charge on any atom is 0.433 e. The number of halogens is 3. The molecule has 0 aliphatic rings. The number of anilines is 2. The van der Waals surface area contributed by atoms with Crippen LogP contribution in [0.1, 0.15) is 11.5 Å². The molecule has 0 bridgehead atoms.